The summed E-state index contributed by atoms with van der Waals surface area (Å²) < 4.78 is 35.1. The van der Waals surface area contributed by atoms with Crippen LogP contribution in [-0.2, 0) is 24.4 Å². The fraction of sp³-hybridized carbons (Fsp3) is 0.192. The van der Waals surface area contributed by atoms with Crippen LogP contribution in [0.1, 0.15) is 22.3 Å². The van der Waals surface area contributed by atoms with Crippen molar-refractivity contribution in [3.63, 3.8) is 0 Å². The Labute approximate surface area is 213 Å². The molecule has 0 N–H and O–H groups in total. The molecule has 4 rings (SSSR count). The van der Waals surface area contributed by atoms with Gasteiger partial charge in [-0.05, 0) is 67.6 Å². The molecule has 36 heavy (non-hydrogen) atoms. The summed E-state index contributed by atoms with van der Waals surface area (Å²) >= 11 is 5.88. The molecule has 1 aliphatic rings. The molecule has 1 heterocycles. The topological polar surface area (TPSA) is 107 Å². The normalized spacial score (nSPS) is 15.6. The van der Waals surface area contributed by atoms with Crippen molar-refractivity contribution in [2.24, 2.45) is 5.92 Å². The number of carbonyl (C=O) groups is 3. The number of benzene rings is 3. The van der Waals surface area contributed by atoms with Gasteiger partial charge in [0.15, 0.2) is 12.4 Å². The highest BCUT2D eigenvalue weighted by Gasteiger charge is 2.36. The lowest BCUT2D eigenvalue weighted by molar-refractivity contribution is -0.147. The van der Waals surface area contributed by atoms with E-state index in [-0.39, 0.29) is 35.1 Å². The van der Waals surface area contributed by atoms with Crippen molar-refractivity contribution in [1.82, 2.24) is 0 Å². The molecule has 1 fully saturated rings. The molecular formula is C26H22ClNO7S. The van der Waals surface area contributed by atoms with Crippen LogP contribution in [0, 0.1) is 12.8 Å². The Bertz CT molecular complexity index is 1390. The van der Waals surface area contributed by atoms with Crippen LogP contribution < -0.4 is 9.08 Å². The standard InChI is InChI=1S/C26H22ClNO7S/c1-17-2-12-23(13-3-17)36(32,33)35-22-10-4-18(5-11-22)24(29)16-34-26(31)19-14-25(30)28(15-19)21-8-6-20(27)7-9-21/h2-13,19H,14-16H2,1H3/t19-/m1/s1. The van der Waals surface area contributed by atoms with Gasteiger partial charge in [0.1, 0.15) is 10.6 Å². The van der Waals surface area contributed by atoms with Crippen molar-refractivity contribution in [3.8, 4) is 5.75 Å². The van der Waals surface area contributed by atoms with Crippen LogP contribution in [0.2, 0.25) is 5.02 Å². The number of ether oxygens (including phenoxy) is 1. The number of halogens is 1. The molecule has 0 bridgehead atoms. The maximum Gasteiger partial charge on any atom is 0.339 e. The first-order valence-corrected chi connectivity index (χ1v) is 12.8. The van der Waals surface area contributed by atoms with E-state index in [2.05, 4.69) is 0 Å². The molecule has 3 aromatic rings. The molecule has 8 nitrogen and oxygen atoms in total. The Morgan fingerprint density at radius 1 is 0.972 bits per heavy atom. The lowest BCUT2D eigenvalue weighted by atomic mass is 10.1. The molecule has 0 spiro atoms. The number of nitrogens with zero attached hydrogens (tertiary/aromatic N) is 1. The maximum absolute atomic E-state index is 12.5. The van der Waals surface area contributed by atoms with Gasteiger partial charge in [-0.15, -0.1) is 0 Å². The second kappa shape index (κ2) is 10.5. The fourth-order valence-electron chi connectivity index (χ4n) is 3.65. The summed E-state index contributed by atoms with van der Waals surface area (Å²) in [6.07, 6.45) is -0.0167. The van der Waals surface area contributed by atoms with Gasteiger partial charge in [-0.25, -0.2) is 0 Å². The van der Waals surface area contributed by atoms with Gasteiger partial charge >= 0.3 is 16.1 Å². The number of Topliss-reactive ketones (excluding diaryl/α,β-unsaturated/α-hetero) is 1. The van der Waals surface area contributed by atoms with Gasteiger partial charge in [0.05, 0.1) is 5.92 Å². The highest BCUT2D eigenvalue weighted by molar-refractivity contribution is 7.87. The summed E-state index contributed by atoms with van der Waals surface area (Å²) in [5.74, 6) is -1.99. The fourth-order valence-corrected chi connectivity index (χ4v) is 4.71. The van der Waals surface area contributed by atoms with Crippen molar-refractivity contribution >= 4 is 45.1 Å². The van der Waals surface area contributed by atoms with E-state index < -0.39 is 34.4 Å². The van der Waals surface area contributed by atoms with Crippen molar-refractivity contribution in [3.05, 3.63) is 88.9 Å². The lowest BCUT2D eigenvalue weighted by Gasteiger charge is -2.16. The summed E-state index contributed by atoms with van der Waals surface area (Å²) in [5.41, 5.74) is 1.76. The first-order chi connectivity index (χ1) is 17.1. The monoisotopic (exact) mass is 527 g/mol. The molecule has 0 radical (unpaired) electrons. The van der Waals surface area contributed by atoms with Gasteiger partial charge in [-0.1, -0.05) is 29.3 Å². The minimum atomic E-state index is -4.02. The average Bonchev–Trinajstić information content (AvgIpc) is 3.25. The van der Waals surface area contributed by atoms with E-state index in [0.29, 0.717) is 10.7 Å². The molecular weight excluding hydrogens is 506 g/mol. The third kappa shape index (κ3) is 5.92. The maximum atomic E-state index is 12.5. The van der Waals surface area contributed by atoms with Gasteiger partial charge in [-0.2, -0.15) is 8.42 Å². The Hall–Kier alpha value is -3.69. The van der Waals surface area contributed by atoms with Crippen LogP contribution in [0.3, 0.4) is 0 Å². The van der Waals surface area contributed by atoms with Gasteiger partial charge in [0, 0.05) is 29.2 Å². The summed E-state index contributed by atoms with van der Waals surface area (Å²) in [6, 6.07) is 18.4. The number of hydrogen-bond donors (Lipinski definition) is 0. The molecule has 0 saturated carbocycles. The van der Waals surface area contributed by atoms with Crippen LogP contribution in [-0.4, -0.2) is 39.2 Å². The van der Waals surface area contributed by atoms with E-state index in [1.54, 1.807) is 36.4 Å². The van der Waals surface area contributed by atoms with E-state index in [0.717, 1.165) is 5.56 Å². The van der Waals surface area contributed by atoms with Crippen LogP contribution in [0.5, 0.6) is 5.75 Å². The largest absolute Gasteiger partial charge is 0.457 e. The second-order valence-electron chi connectivity index (χ2n) is 8.29. The molecule has 10 heteroatoms. The van der Waals surface area contributed by atoms with Crippen molar-refractivity contribution in [2.75, 3.05) is 18.1 Å². The molecule has 1 atom stereocenters. The van der Waals surface area contributed by atoms with Crippen LogP contribution in [0.15, 0.2) is 77.7 Å². The van der Waals surface area contributed by atoms with Crippen LogP contribution in [0.4, 0.5) is 5.69 Å². The van der Waals surface area contributed by atoms with E-state index in [9.17, 15) is 22.8 Å². The zero-order chi connectivity index (χ0) is 25.9. The number of carbonyl (C=O) groups excluding carboxylic acids is 3. The smallest absolute Gasteiger partial charge is 0.339 e. The van der Waals surface area contributed by atoms with Gasteiger partial charge in [-0.3, -0.25) is 14.4 Å². The van der Waals surface area contributed by atoms with Crippen molar-refractivity contribution in [2.45, 2.75) is 18.2 Å². The SMILES string of the molecule is Cc1ccc(S(=O)(=O)Oc2ccc(C(=O)COC(=O)[C@@H]3CC(=O)N(c4ccc(Cl)cc4)C3)cc2)cc1. The van der Waals surface area contributed by atoms with Crippen LogP contribution >= 0.6 is 11.6 Å². The Morgan fingerprint density at radius 3 is 2.25 bits per heavy atom. The third-order valence-corrected chi connectivity index (χ3v) is 7.15. The minimum Gasteiger partial charge on any atom is -0.457 e. The van der Waals surface area contributed by atoms with E-state index >= 15 is 0 Å². The number of amides is 1. The zero-order valence-electron chi connectivity index (χ0n) is 19.2. The third-order valence-electron chi connectivity index (χ3n) is 5.63. The number of aryl methyl sites for hydroxylation is 1. The van der Waals surface area contributed by atoms with Crippen molar-refractivity contribution in [1.29, 1.82) is 0 Å². The molecule has 1 amide bonds. The highest BCUT2D eigenvalue weighted by atomic mass is 35.5. The van der Waals surface area contributed by atoms with Crippen molar-refractivity contribution < 1.29 is 31.7 Å². The zero-order valence-corrected chi connectivity index (χ0v) is 20.8. The lowest BCUT2D eigenvalue weighted by Crippen LogP contribution is -2.27. The second-order valence-corrected chi connectivity index (χ2v) is 10.3. The van der Waals surface area contributed by atoms with Gasteiger partial charge in [0.25, 0.3) is 0 Å². The van der Waals surface area contributed by atoms with E-state index in [1.165, 1.54) is 41.3 Å². The predicted octanol–water partition coefficient (Wildman–Crippen LogP) is 4.20. The number of anilines is 1. The Morgan fingerprint density at radius 2 is 1.61 bits per heavy atom. The number of ketones is 1. The summed E-state index contributed by atoms with van der Waals surface area (Å²) in [4.78, 5) is 38.8. The first-order valence-electron chi connectivity index (χ1n) is 11.0. The summed E-state index contributed by atoms with van der Waals surface area (Å²) in [5, 5.41) is 0.535. The Kier molecular flexibility index (Phi) is 7.42. The highest BCUT2D eigenvalue weighted by Crippen LogP contribution is 2.27. The van der Waals surface area contributed by atoms with Gasteiger partial charge < -0.3 is 13.8 Å². The molecule has 1 aliphatic heterocycles. The van der Waals surface area contributed by atoms with Gasteiger partial charge in [0.2, 0.25) is 5.91 Å². The van der Waals surface area contributed by atoms with E-state index in [1.807, 2.05) is 6.92 Å². The Balaban J connectivity index is 1.31. The molecule has 1 saturated heterocycles. The number of hydrogen-bond acceptors (Lipinski definition) is 7. The minimum absolute atomic E-state index is 0.0141. The number of rotatable bonds is 8. The first kappa shape index (κ1) is 25.4. The molecule has 0 aliphatic carbocycles. The number of esters is 1. The molecule has 0 aromatic heterocycles. The quantitative estimate of drug-likeness (QED) is 0.245. The molecule has 3 aromatic carbocycles. The van der Waals surface area contributed by atoms with Crippen LogP contribution in [0.25, 0.3) is 0 Å². The summed E-state index contributed by atoms with van der Waals surface area (Å²) in [6.45, 7) is 1.48. The molecule has 0 unspecified atom stereocenters. The summed E-state index contributed by atoms with van der Waals surface area (Å²) in [7, 11) is -4.02. The van der Waals surface area contributed by atoms with E-state index in [4.69, 9.17) is 20.5 Å². The molecule has 186 valence electrons. The average molecular weight is 528 g/mol. The predicted molar refractivity (Wildman–Crippen MR) is 133 cm³/mol.